The first-order chi connectivity index (χ1) is 5.56. The molecule has 0 aromatic heterocycles. The Morgan fingerprint density at radius 2 is 1.67 bits per heavy atom. The fourth-order valence-corrected chi connectivity index (χ4v) is 1.09. The fraction of sp³-hybridized carbons (Fsp3) is 0.250. The van der Waals surface area contributed by atoms with E-state index in [1.807, 2.05) is 0 Å². The highest BCUT2D eigenvalue weighted by atomic mass is 79.9. The number of hydrogen-bond donors (Lipinski definition) is 0. The van der Waals surface area contributed by atoms with Crippen molar-refractivity contribution in [2.24, 2.45) is 0 Å². The maximum Gasteiger partial charge on any atom is 0.282 e. The molecular weight excluding hydrogens is 233 g/mol. The normalized spacial score (nSPS) is 11.7. The van der Waals surface area contributed by atoms with Gasteiger partial charge in [0, 0.05) is 5.56 Å². The second-order valence-corrected chi connectivity index (χ2v) is 2.91. The van der Waals surface area contributed by atoms with Crippen LogP contribution in [0.25, 0.3) is 0 Å². The maximum atomic E-state index is 12.8. The Morgan fingerprint density at radius 1 is 1.17 bits per heavy atom. The minimum atomic E-state index is -2.92. The van der Waals surface area contributed by atoms with Crippen molar-refractivity contribution in [3.63, 3.8) is 0 Å². The maximum absolute atomic E-state index is 12.8. The monoisotopic (exact) mass is 238 g/mol. The van der Waals surface area contributed by atoms with Crippen molar-refractivity contribution in [2.45, 2.75) is 5.92 Å². The molecule has 0 radical (unpaired) electrons. The molecule has 0 aliphatic carbocycles. The van der Waals surface area contributed by atoms with Gasteiger partial charge in [-0.3, -0.25) is 0 Å². The molecule has 0 heterocycles. The molecule has 0 spiro atoms. The first-order valence-electron chi connectivity index (χ1n) is 3.26. The summed E-state index contributed by atoms with van der Waals surface area (Å²) in [4.78, 5) is 0. The van der Waals surface area contributed by atoms with Crippen LogP contribution < -0.4 is 0 Å². The van der Waals surface area contributed by atoms with Crippen LogP contribution in [-0.4, -0.2) is 5.33 Å². The third-order valence-corrected chi connectivity index (χ3v) is 2.14. The summed E-state index contributed by atoms with van der Waals surface area (Å²) in [7, 11) is 0. The molecule has 0 bridgehead atoms. The van der Waals surface area contributed by atoms with E-state index in [0.717, 1.165) is 24.3 Å². The Balaban J connectivity index is 2.96. The number of benzene rings is 1. The summed E-state index contributed by atoms with van der Waals surface area (Å²) in [5, 5.41) is -0.453. The molecule has 4 heteroatoms. The lowest BCUT2D eigenvalue weighted by molar-refractivity contribution is 0.0245. The summed E-state index contributed by atoms with van der Waals surface area (Å²) in [5.74, 6) is -3.43. The standard InChI is InChI=1S/C8H6BrF3/c9-5-8(11,12)6-1-3-7(10)4-2-6/h1-4H,5H2. The Morgan fingerprint density at radius 3 is 2.08 bits per heavy atom. The lowest BCUT2D eigenvalue weighted by Crippen LogP contribution is -2.14. The lowest BCUT2D eigenvalue weighted by Gasteiger charge is -2.12. The van der Waals surface area contributed by atoms with E-state index in [-0.39, 0.29) is 5.56 Å². The Kier molecular flexibility index (Phi) is 2.77. The van der Waals surface area contributed by atoms with Gasteiger partial charge in [-0.05, 0) is 12.1 Å². The quantitative estimate of drug-likeness (QED) is 0.694. The molecule has 1 aromatic rings. The van der Waals surface area contributed by atoms with Crippen molar-refractivity contribution in [1.29, 1.82) is 0 Å². The molecule has 0 saturated carbocycles. The second kappa shape index (κ2) is 3.47. The molecule has 0 saturated heterocycles. The highest BCUT2D eigenvalue weighted by molar-refractivity contribution is 9.09. The van der Waals surface area contributed by atoms with Gasteiger partial charge in [0.15, 0.2) is 0 Å². The van der Waals surface area contributed by atoms with E-state index in [9.17, 15) is 13.2 Å². The molecule has 0 fully saturated rings. The highest BCUT2D eigenvalue weighted by Crippen LogP contribution is 2.29. The Bertz CT molecular complexity index is 256. The van der Waals surface area contributed by atoms with Gasteiger partial charge in [-0.25, -0.2) is 13.2 Å². The molecule has 0 aliphatic heterocycles. The summed E-state index contributed by atoms with van der Waals surface area (Å²) < 4.78 is 38.0. The minimum Gasteiger partial charge on any atom is -0.207 e. The van der Waals surface area contributed by atoms with Crippen molar-refractivity contribution in [3.05, 3.63) is 35.6 Å². The number of hydrogen-bond acceptors (Lipinski definition) is 0. The van der Waals surface area contributed by atoms with Gasteiger partial charge in [-0.1, -0.05) is 28.1 Å². The third kappa shape index (κ3) is 2.00. The Hall–Kier alpha value is -0.510. The molecule has 0 aliphatic rings. The van der Waals surface area contributed by atoms with Gasteiger partial charge in [0.2, 0.25) is 0 Å². The van der Waals surface area contributed by atoms with Crippen molar-refractivity contribution in [1.82, 2.24) is 0 Å². The van der Waals surface area contributed by atoms with Crippen LogP contribution in [0.4, 0.5) is 13.2 Å². The predicted molar refractivity (Wildman–Crippen MR) is 44.1 cm³/mol. The van der Waals surface area contributed by atoms with E-state index in [1.54, 1.807) is 0 Å². The fourth-order valence-electron chi connectivity index (χ4n) is 0.771. The van der Waals surface area contributed by atoms with E-state index >= 15 is 0 Å². The van der Waals surface area contributed by atoms with Crippen molar-refractivity contribution in [2.75, 3.05) is 5.33 Å². The Labute approximate surface area is 76.5 Å². The van der Waals surface area contributed by atoms with Crippen LogP contribution in [0.1, 0.15) is 5.56 Å². The number of rotatable bonds is 2. The van der Waals surface area contributed by atoms with Crippen LogP contribution in [0.15, 0.2) is 24.3 Å². The van der Waals surface area contributed by atoms with Gasteiger partial charge in [0.05, 0.1) is 5.33 Å². The van der Waals surface area contributed by atoms with E-state index in [0.29, 0.717) is 0 Å². The van der Waals surface area contributed by atoms with Crippen LogP contribution in [0, 0.1) is 5.82 Å². The van der Waals surface area contributed by atoms with Gasteiger partial charge < -0.3 is 0 Å². The largest absolute Gasteiger partial charge is 0.282 e. The molecule has 0 N–H and O–H groups in total. The average Bonchev–Trinajstić information content (AvgIpc) is 2.05. The third-order valence-electron chi connectivity index (χ3n) is 1.43. The topological polar surface area (TPSA) is 0 Å². The molecular formula is C8H6BrF3. The predicted octanol–water partition coefficient (Wildman–Crippen LogP) is 3.31. The average molecular weight is 239 g/mol. The molecule has 1 rings (SSSR count). The summed E-state index contributed by atoms with van der Waals surface area (Å²) >= 11 is 2.68. The molecule has 0 unspecified atom stereocenters. The smallest absolute Gasteiger partial charge is 0.207 e. The van der Waals surface area contributed by atoms with Crippen molar-refractivity contribution >= 4 is 15.9 Å². The van der Waals surface area contributed by atoms with E-state index < -0.39 is 17.1 Å². The molecule has 1 aromatic carbocycles. The van der Waals surface area contributed by atoms with Gasteiger partial charge in [-0.2, -0.15) is 0 Å². The van der Waals surface area contributed by atoms with Crippen LogP contribution >= 0.6 is 15.9 Å². The summed E-state index contributed by atoms with van der Waals surface area (Å²) in [5.41, 5.74) is -0.180. The van der Waals surface area contributed by atoms with Crippen molar-refractivity contribution < 1.29 is 13.2 Å². The zero-order chi connectivity index (χ0) is 9.19. The van der Waals surface area contributed by atoms with Gasteiger partial charge >= 0.3 is 0 Å². The molecule has 0 amide bonds. The molecule has 66 valence electrons. The van der Waals surface area contributed by atoms with Gasteiger partial charge in [0.25, 0.3) is 5.92 Å². The SMILES string of the molecule is Fc1ccc(C(F)(F)CBr)cc1. The van der Waals surface area contributed by atoms with Crippen LogP contribution in [-0.2, 0) is 5.92 Å². The molecule has 0 nitrogen and oxygen atoms in total. The van der Waals surface area contributed by atoms with Gasteiger partial charge in [-0.15, -0.1) is 0 Å². The number of alkyl halides is 3. The lowest BCUT2D eigenvalue weighted by atomic mass is 10.1. The first-order valence-corrected chi connectivity index (χ1v) is 4.38. The summed E-state index contributed by atoms with van der Waals surface area (Å²) in [6, 6.07) is 4.20. The summed E-state index contributed by atoms with van der Waals surface area (Å²) in [6.07, 6.45) is 0. The van der Waals surface area contributed by atoms with Crippen LogP contribution in [0.2, 0.25) is 0 Å². The van der Waals surface area contributed by atoms with E-state index in [4.69, 9.17) is 0 Å². The van der Waals surface area contributed by atoms with Crippen LogP contribution in [0.5, 0.6) is 0 Å². The first kappa shape index (κ1) is 9.58. The van der Waals surface area contributed by atoms with Crippen LogP contribution in [0.3, 0.4) is 0 Å². The summed E-state index contributed by atoms with van der Waals surface area (Å²) in [6.45, 7) is 0. The highest BCUT2D eigenvalue weighted by Gasteiger charge is 2.29. The zero-order valence-corrected chi connectivity index (χ0v) is 7.61. The minimum absolute atomic E-state index is 0.180. The molecule has 12 heavy (non-hydrogen) atoms. The van der Waals surface area contributed by atoms with E-state index in [1.165, 1.54) is 0 Å². The van der Waals surface area contributed by atoms with Gasteiger partial charge in [0.1, 0.15) is 5.82 Å². The van der Waals surface area contributed by atoms with Crippen molar-refractivity contribution in [3.8, 4) is 0 Å². The number of halogens is 4. The van der Waals surface area contributed by atoms with E-state index in [2.05, 4.69) is 15.9 Å². The molecule has 0 atom stereocenters. The zero-order valence-electron chi connectivity index (χ0n) is 6.03. The second-order valence-electron chi connectivity index (χ2n) is 2.34.